The number of hydrogen-bond acceptors (Lipinski definition) is 4. The Labute approximate surface area is 148 Å². The number of benzene rings is 2. The SMILES string of the molecule is COc1ccc(CCNC(=O)C(C)Oc2cccc(C(C)=O)c2)cc1. The van der Waals surface area contributed by atoms with Crippen molar-refractivity contribution in [2.24, 2.45) is 0 Å². The van der Waals surface area contributed by atoms with E-state index in [1.807, 2.05) is 24.3 Å². The molecule has 0 heterocycles. The summed E-state index contributed by atoms with van der Waals surface area (Å²) in [5.74, 6) is 1.08. The number of methoxy groups -OCH3 is 1. The normalized spacial score (nSPS) is 11.5. The lowest BCUT2D eigenvalue weighted by molar-refractivity contribution is -0.127. The highest BCUT2D eigenvalue weighted by Gasteiger charge is 2.14. The van der Waals surface area contributed by atoms with Crippen LogP contribution in [0.15, 0.2) is 48.5 Å². The minimum Gasteiger partial charge on any atom is -0.497 e. The summed E-state index contributed by atoms with van der Waals surface area (Å²) in [7, 11) is 1.63. The van der Waals surface area contributed by atoms with Crippen molar-refractivity contribution in [3.05, 3.63) is 59.7 Å². The molecule has 2 aromatic carbocycles. The molecule has 0 aliphatic heterocycles. The molecule has 0 aliphatic carbocycles. The lowest BCUT2D eigenvalue weighted by Gasteiger charge is -2.15. The minimum atomic E-state index is -0.641. The monoisotopic (exact) mass is 341 g/mol. The van der Waals surface area contributed by atoms with Crippen molar-refractivity contribution in [3.8, 4) is 11.5 Å². The molecule has 1 amide bonds. The van der Waals surface area contributed by atoms with Crippen molar-refractivity contribution in [1.82, 2.24) is 5.32 Å². The Balaban J connectivity index is 1.81. The average molecular weight is 341 g/mol. The molecule has 1 unspecified atom stereocenters. The van der Waals surface area contributed by atoms with Crippen LogP contribution in [0.4, 0.5) is 0 Å². The Hall–Kier alpha value is -2.82. The lowest BCUT2D eigenvalue weighted by Crippen LogP contribution is -2.37. The first kappa shape index (κ1) is 18.5. The van der Waals surface area contributed by atoms with Crippen LogP contribution in [0.1, 0.15) is 29.8 Å². The van der Waals surface area contributed by atoms with E-state index in [1.165, 1.54) is 6.92 Å². The highest BCUT2D eigenvalue weighted by Crippen LogP contribution is 2.15. The predicted molar refractivity (Wildman–Crippen MR) is 96.2 cm³/mol. The zero-order valence-electron chi connectivity index (χ0n) is 14.7. The highest BCUT2D eigenvalue weighted by molar-refractivity contribution is 5.94. The van der Waals surface area contributed by atoms with Crippen LogP contribution in [-0.4, -0.2) is 31.4 Å². The molecule has 1 atom stereocenters. The van der Waals surface area contributed by atoms with Crippen LogP contribution in [0.3, 0.4) is 0 Å². The zero-order chi connectivity index (χ0) is 18.2. The van der Waals surface area contributed by atoms with Crippen molar-refractivity contribution in [3.63, 3.8) is 0 Å². The predicted octanol–water partition coefficient (Wildman–Crippen LogP) is 3.02. The molecular formula is C20H23NO4. The van der Waals surface area contributed by atoms with E-state index in [0.717, 1.165) is 17.7 Å². The number of carbonyl (C=O) groups excluding carboxylic acids is 2. The van der Waals surface area contributed by atoms with Crippen molar-refractivity contribution in [2.75, 3.05) is 13.7 Å². The van der Waals surface area contributed by atoms with Crippen LogP contribution in [0.25, 0.3) is 0 Å². The maximum atomic E-state index is 12.1. The molecule has 0 aromatic heterocycles. The van der Waals surface area contributed by atoms with E-state index in [1.54, 1.807) is 38.3 Å². The summed E-state index contributed by atoms with van der Waals surface area (Å²) >= 11 is 0. The molecule has 0 saturated heterocycles. The van der Waals surface area contributed by atoms with Crippen LogP contribution < -0.4 is 14.8 Å². The summed E-state index contributed by atoms with van der Waals surface area (Å²) in [4.78, 5) is 23.5. The third-order valence-corrected chi connectivity index (χ3v) is 3.79. The molecule has 132 valence electrons. The standard InChI is InChI=1S/C20H23NO4/c1-14(22)17-5-4-6-19(13-17)25-15(2)20(23)21-12-11-16-7-9-18(24-3)10-8-16/h4-10,13,15H,11-12H2,1-3H3,(H,21,23). The first-order valence-corrected chi connectivity index (χ1v) is 8.18. The van der Waals surface area contributed by atoms with Gasteiger partial charge in [0.25, 0.3) is 5.91 Å². The highest BCUT2D eigenvalue weighted by atomic mass is 16.5. The number of amides is 1. The van der Waals surface area contributed by atoms with Crippen LogP contribution in [-0.2, 0) is 11.2 Å². The molecule has 0 radical (unpaired) electrons. The molecule has 5 nitrogen and oxygen atoms in total. The second kappa shape index (κ2) is 8.87. The van der Waals surface area contributed by atoms with Crippen molar-refractivity contribution >= 4 is 11.7 Å². The maximum absolute atomic E-state index is 12.1. The molecule has 1 N–H and O–H groups in total. The van der Waals surface area contributed by atoms with Crippen LogP contribution in [0.5, 0.6) is 11.5 Å². The Bertz CT molecular complexity index is 725. The second-order valence-electron chi connectivity index (χ2n) is 5.73. The van der Waals surface area contributed by atoms with Gasteiger partial charge in [0.2, 0.25) is 0 Å². The van der Waals surface area contributed by atoms with Crippen molar-refractivity contribution < 1.29 is 19.1 Å². The number of nitrogens with one attached hydrogen (secondary N) is 1. The van der Waals surface area contributed by atoms with Gasteiger partial charge in [0.1, 0.15) is 11.5 Å². The molecule has 0 spiro atoms. The smallest absolute Gasteiger partial charge is 0.260 e. The number of Topliss-reactive ketones (excluding diaryl/α,β-unsaturated/α-hetero) is 1. The lowest BCUT2D eigenvalue weighted by atomic mass is 10.1. The summed E-state index contributed by atoms with van der Waals surface area (Å²) in [6.45, 7) is 3.70. The van der Waals surface area contributed by atoms with E-state index in [9.17, 15) is 9.59 Å². The van der Waals surface area contributed by atoms with Gasteiger partial charge in [-0.05, 0) is 50.1 Å². The van der Waals surface area contributed by atoms with Gasteiger partial charge in [0.15, 0.2) is 11.9 Å². The topological polar surface area (TPSA) is 64.6 Å². The van der Waals surface area contributed by atoms with Gasteiger partial charge < -0.3 is 14.8 Å². The van der Waals surface area contributed by atoms with Gasteiger partial charge in [-0.25, -0.2) is 0 Å². The summed E-state index contributed by atoms with van der Waals surface area (Å²) in [5, 5.41) is 2.86. The van der Waals surface area contributed by atoms with E-state index in [-0.39, 0.29) is 11.7 Å². The maximum Gasteiger partial charge on any atom is 0.260 e. The Kier molecular flexibility index (Phi) is 6.57. The van der Waals surface area contributed by atoms with E-state index < -0.39 is 6.10 Å². The number of ketones is 1. The van der Waals surface area contributed by atoms with Gasteiger partial charge >= 0.3 is 0 Å². The number of carbonyl (C=O) groups is 2. The average Bonchev–Trinajstić information content (AvgIpc) is 2.62. The van der Waals surface area contributed by atoms with Crippen LogP contribution >= 0.6 is 0 Å². The second-order valence-corrected chi connectivity index (χ2v) is 5.73. The minimum absolute atomic E-state index is 0.0398. The Morgan fingerprint density at radius 1 is 1.08 bits per heavy atom. The van der Waals surface area contributed by atoms with E-state index >= 15 is 0 Å². The molecule has 0 bridgehead atoms. The van der Waals surface area contributed by atoms with Gasteiger partial charge in [-0.1, -0.05) is 24.3 Å². The molecule has 0 aliphatic rings. The molecule has 0 saturated carbocycles. The molecule has 5 heteroatoms. The molecule has 2 aromatic rings. The quantitative estimate of drug-likeness (QED) is 0.750. The van der Waals surface area contributed by atoms with Crippen LogP contribution in [0, 0.1) is 0 Å². The van der Waals surface area contributed by atoms with Crippen molar-refractivity contribution in [1.29, 1.82) is 0 Å². The van der Waals surface area contributed by atoms with Crippen LogP contribution in [0.2, 0.25) is 0 Å². The molecule has 25 heavy (non-hydrogen) atoms. The fourth-order valence-electron chi connectivity index (χ4n) is 2.31. The molecule has 2 rings (SSSR count). The van der Waals surface area contributed by atoms with Gasteiger partial charge in [-0.3, -0.25) is 9.59 Å². The summed E-state index contributed by atoms with van der Waals surface area (Å²) in [5.41, 5.74) is 1.67. The first-order valence-electron chi connectivity index (χ1n) is 8.18. The number of hydrogen-bond donors (Lipinski definition) is 1. The van der Waals surface area contributed by atoms with Gasteiger partial charge in [-0.15, -0.1) is 0 Å². The Morgan fingerprint density at radius 3 is 2.44 bits per heavy atom. The summed E-state index contributed by atoms with van der Waals surface area (Å²) < 4.78 is 10.7. The number of ether oxygens (including phenoxy) is 2. The number of rotatable bonds is 8. The first-order chi connectivity index (χ1) is 12.0. The molecule has 0 fully saturated rings. The van der Waals surface area contributed by atoms with E-state index in [0.29, 0.717) is 17.9 Å². The zero-order valence-corrected chi connectivity index (χ0v) is 14.7. The summed E-state index contributed by atoms with van der Waals surface area (Å²) in [6.07, 6.45) is 0.0838. The van der Waals surface area contributed by atoms with Gasteiger partial charge in [-0.2, -0.15) is 0 Å². The van der Waals surface area contributed by atoms with E-state index in [2.05, 4.69) is 5.32 Å². The van der Waals surface area contributed by atoms with Gasteiger partial charge in [0.05, 0.1) is 7.11 Å². The Morgan fingerprint density at radius 2 is 1.80 bits per heavy atom. The molecular weight excluding hydrogens is 318 g/mol. The third-order valence-electron chi connectivity index (χ3n) is 3.79. The largest absolute Gasteiger partial charge is 0.497 e. The van der Waals surface area contributed by atoms with Gasteiger partial charge in [0, 0.05) is 12.1 Å². The van der Waals surface area contributed by atoms with Crippen molar-refractivity contribution in [2.45, 2.75) is 26.4 Å². The fraction of sp³-hybridized carbons (Fsp3) is 0.300. The fourth-order valence-corrected chi connectivity index (χ4v) is 2.31. The van der Waals surface area contributed by atoms with E-state index in [4.69, 9.17) is 9.47 Å². The summed E-state index contributed by atoms with van der Waals surface area (Å²) in [6, 6.07) is 14.6. The third kappa shape index (κ3) is 5.64.